The molecule has 0 saturated heterocycles. The molecule has 0 spiro atoms. The van der Waals surface area contributed by atoms with Gasteiger partial charge in [-0.1, -0.05) is 65.7 Å². The van der Waals surface area contributed by atoms with Crippen LogP contribution < -0.4 is 5.56 Å². The molecule has 6 heteroatoms. The van der Waals surface area contributed by atoms with Crippen LogP contribution in [0.1, 0.15) is 54.1 Å². The number of fused-ring (bicyclic) bond motifs is 1. The highest BCUT2D eigenvalue weighted by atomic mass is 79.9. The van der Waals surface area contributed by atoms with Crippen LogP contribution in [0.4, 0.5) is 0 Å². The average molecular weight is 532 g/mol. The molecule has 3 aromatic carbocycles. The first-order valence-corrected chi connectivity index (χ1v) is 12.6. The van der Waals surface area contributed by atoms with Gasteiger partial charge in [0.15, 0.2) is 0 Å². The van der Waals surface area contributed by atoms with Crippen molar-refractivity contribution >= 4 is 32.7 Å². The number of amides is 1. The molecule has 1 atom stereocenters. The van der Waals surface area contributed by atoms with Gasteiger partial charge in [-0.15, -0.1) is 0 Å². The number of aryl methyl sites for hydroxylation is 2. The molecule has 1 heterocycles. The Balaban J connectivity index is 1.95. The summed E-state index contributed by atoms with van der Waals surface area (Å²) >= 11 is 3.48. The van der Waals surface area contributed by atoms with Crippen LogP contribution in [0.2, 0.25) is 0 Å². The lowest BCUT2D eigenvalue weighted by Crippen LogP contribution is -2.39. The molecule has 0 radical (unpaired) electrons. The maximum Gasteiger partial charge on any atom is 0.266 e. The van der Waals surface area contributed by atoms with Crippen LogP contribution >= 0.6 is 15.9 Å². The second kappa shape index (κ2) is 10.2. The lowest BCUT2D eigenvalue weighted by Gasteiger charge is -2.32. The number of hydrogen-bond donors (Lipinski definition) is 0. The number of nitrogens with zero attached hydrogens (tertiary/aromatic N) is 3. The Bertz CT molecular complexity index is 1460. The van der Waals surface area contributed by atoms with Crippen molar-refractivity contribution in [1.82, 2.24) is 14.5 Å². The van der Waals surface area contributed by atoms with E-state index >= 15 is 0 Å². The minimum atomic E-state index is -0.443. The van der Waals surface area contributed by atoms with Crippen molar-refractivity contribution < 1.29 is 4.79 Å². The SMILES string of the molecule is Cc1ccc(-n2c(C(C)N(CC(C)C)C(=O)c3cccc(Br)c3)nc3ccccc3c2=O)c(C)c1. The highest BCUT2D eigenvalue weighted by Crippen LogP contribution is 2.27. The molecule has 1 unspecified atom stereocenters. The van der Waals surface area contributed by atoms with E-state index in [-0.39, 0.29) is 17.4 Å². The van der Waals surface area contributed by atoms with Crippen LogP contribution in [-0.2, 0) is 0 Å². The zero-order valence-electron chi connectivity index (χ0n) is 20.7. The Morgan fingerprint density at radius 3 is 2.43 bits per heavy atom. The van der Waals surface area contributed by atoms with Crippen molar-refractivity contribution in [2.45, 2.75) is 40.7 Å². The minimum absolute atomic E-state index is 0.0953. The number of aromatic nitrogens is 2. The van der Waals surface area contributed by atoms with E-state index in [1.807, 2.05) is 80.3 Å². The first kappa shape index (κ1) is 24.9. The normalized spacial score (nSPS) is 12.2. The Kier molecular flexibility index (Phi) is 7.22. The van der Waals surface area contributed by atoms with E-state index < -0.39 is 6.04 Å². The molecule has 180 valence electrons. The molecule has 5 nitrogen and oxygen atoms in total. The minimum Gasteiger partial charge on any atom is -0.328 e. The van der Waals surface area contributed by atoms with E-state index in [4.69, 9.17) is 4.98 Å². The molecule has 1 aromatic heterocycles. The summed E-state index contributed by atoms with van der Waals surface area (Å²) in [7, 11) is 0. The predicted octanol–water partition coefficient (Wildman–Crippen LogP) is 6.62. The smallest absolute Gasteiger partial charge is 0.266 e. The maximum absolute atomic E-state index is 13.8. The summed E-state index contributed by atoms with van der Waals surface area (Å²) in [5.74, 6) is 0.682. The fourth-order valence-electron chi connectivity index (χ4n) is 4.46. The third kappa shape index (κ3) is 5.08. The van der Waals surface area contributed by atoms with Crippen LogP contribution in [0.5, 0.6) is 0 Å². The van der Waals surface area contributed by atoms with E-state index in [1.165, 1.54) is 0 Å². The van der Waals surface area contributed by atoms with E-state index in [1.54, 1.807) is 10.6 Å². The number of carbonyl (C=O) groups excluding carboxylic acids is 1. The van der Waals surface area contributed by atoms with Gasteiger partial charge in [-0.05, 0) is 68.7 Å². The van der Waals surface area contributed by atoms with Gasteiger partial charge in [0, 0.05) is 16.6 Å². The van der Waals surface area contributed by atoms with Crippen molar-refractivity contribution in [3.05, 3.63) is 104 Å². The molecule has 35 heavy (non-hydrogen) atoms. The summed E-state index contributed by atoms with van der Waals surface area (Å²) < 4.78 is 2.53. The summed E-state index contributed by atoms with van der Waals surface area (Å²) in [6.45, 7) is 10.7. The molecular weight excluding hydrogens is 502 g/mol. The predicted molar refractivity (Wildman–Crippen MR) is 145 cm³/mol. The van der Waals surface area contributed by atoms with E-state index in [9.17, 15) is 9.59 Å². The maximum atomic E-state index is 13.8. The van der Waals surface area contributed by atoms with E-state index in [0.717, 1.165) is 21.3 Å². The summed E-state index contributed by atoms with van der Waals surface area (Å²) in [6, 6.07) is 20.4. The first-order valence-electron chi connectivity index (χ1n) is 11.8. The third-order valence-electron chi connectivity index (χ3n) is 6.13. The zero-order chi connectivity index (χ0) is 25.3. The Hall–Kier alpha value is -3.25. The van der Waals surface area contributed by atoms with Crippen molar-refractivity contribution in [2.75, 3.05) is 6.54 Å². The monoisotopic (exact) mass is 531 g/mol. The van der Waals surface area contributed by atoms with Gasteiger partial charge in [-0.2, -0.15) is 0 Å². The van der Waals surface area contributed by atoms with Crippen molar-refractivity contribution in [1.29, 1.82) is 0 Å². The van der Waals surface area contributed by atoms with Gasteiger partial charge in [0.1, 0.15) is 5.82 Å². The quantitative estimate of drug-likeness (QED) is 0.280. The lowest BCUT2D eigenvalue weighted by atomic mass is 10.1. The molecule has 4 aromatic rings. The zero-order valence-corrected chi connectivity index (χ0v) is 22.3. The number of benzene rings is 3. The second-order valence-corrected chi connectivity index (χ2v) is 10.4. The highest BCUT2D eigenvalue weighted by molar-refractivity contribution is 9.10. The second-order valence-electron chi connectivity index (χ2n) is 9.46. The van der Waals surface area contributed by atoms with Crippen molar-refractivity contribution in [3.8, 4) is 5.69 Å². The van der Waals surface area contributed by atoms with Crippen molar-refractivity contribution in [2.24, 2.45) is 5.92 Å². The molecule has 0 saturated carbocycles. The number of para-hydroxylation sites is 1. The van der Waals surface area contributed by atoms with Gasteiger partial charge in [0.05, 0.1) is 22.6 Å². The fraction of sp³-hybridized carbons (Fsp3) is 0.276. The van der Waals surface area contributed by atoms with Gasteiger partial charge in [-0.3, -0.25) is 14.2 Å². The molecule has 4 rings (SSSR count). The highest BCUT2D eigenvalue weighted by Gasteiger charge is 2.28. The summed E-state index contributed by atoms with van der Waals surface area (Å²) in [6.07, 6.45) is 0. The number of carbonyl (C=O) groups is 1. The van der Waals surface area contributed by atoms with Crippen LogP contribution in [0.3, 0.4) is 0 Å². The van der Waals surface area contributed by atoms with Gasteiger partial charge < -0.3 is 4.90 Å². The summed E-state index contributed by atoms with van der Waals surface area (Å²) in [4.78, 5) is 34.4. The topological polar surface area (TPSA) is 55.2 Å². The van der Waals surface area contributed by atoms with Gasteiger partial charge >= 0.3 is 0 Å². The molecule has 1 amide bonds. The molecular formula is C29H30BrN3O2. The summed E-state index contributed by atoms with van der Waals surface area (Å²) in [5.41, 5.74) is 3.96. The third-order valence-corrected chi connectivity index (χ3v) is 6.62. The van der Waals surface area contributed by atoms with Crippen LogP contribution in [-0.4, -0.2) is 26.9 Å². The van der Waals surface area contributed by atoms with Crippen LogP contribution in [0.15, 0.2) is 76.0 Å². The van der Waals surface area contributed by atoms with Crippen molar-refractivity contribution in [3.63, 3.8) is 0 Å². The number of rotatable bonds is 6. The number of halogens is 1. The summed E-state index contributed by atoms with van der Waals surface area (Å²) in [5, 5.41) is 0.553. The molecule has 0 bridgehead atoms. The van der Waals surface area contributed by atoms with Crippen LogP contribution in [0, 0.1) is 19.8 Å². The fourth-order valence-corrected chi connectivity index (χ4v) is 4.86. The molecule has 0 fully saturated rings. The Labute approximate surface area is 214 Å². The Morgan fingerprint density at radius 2 is 1.74 bits per heavy atom. The number of hydrogen-bond acceptors (Lipinski definition) is 3. The first-order chi connectivity index (χ1) is 16.7. The van der Waals surface area contributed by atoms with E-state index in [2.05, 4.69) is 35.8 Å². The van der Waals surface area contributed by atoms with Gasteiger partial charge in [0.2, 0.25) is 0 Å². The molecule has 0 aliphatic rings. The van der Waals surface area contributed by atoms with E-state index in [0.29, 0.717) is 28.8 Å². The molecule has 0 aliphatic heterocycles. The van der Waals surface area contributed by atoms with Crippen LogP contribution in [0.25, 0.3) is 16.6 Å². The van der Waals surface area contributed by atoms with Gasteiger partial charge in [0.25, 0.3) is 11.5 Å². The lowest BCUT2D eigenvalue weighted by molar-refractivity contribution is 0.0655. The molecule has 0 aliphatic carbocycles. The average Bonchev–Trinajstić information content (AvgIpc) is 2.82. The largest absolute Gasteiger partial charge is 0.328 e. The molecule has 0 N–H and O–H groups in total. The van der Waals surface area contributed by atoms with Gasteiger partial charge in [-0.25, -0.2) is 4.98 Å². The standard InChI is InChI=1S/C29H30BrN3O2/c1-18(2)17-32(28(34)22-9-8-10-23(30)16-22)21(5)27-31-25-12-7-6-11-24(25)29(35)33(27)26-14-13-19(3)15-20(26)4/h6-16,18,21H,17H2,1-5H3. The Morgan fingerprint density at radius 1 is 1.00 bits per heavy atom.